The first kappa shape index (κ1) is 15.7. The molecule has 0 radical (unpaired) electrons. The molecule has 1 atom stereocenters. The Balaban J connectivity index is 2.93. The smallest absolute Gasteiger partial charge is 0.390 e. The summed E-state index contributed by atoms with van der Waals surface area (Å²) in [6.45, 7) is 1.07. The Kier molecular flexibility index (Phi) is 4.41. The number of hydrogen-bond donors (Lipinski definition) is 2. The van der Waals surface area contributed by atoms with Crippen LogP contribution in [0.25, 0.3) is 0 Å². The van der Waals surface area contributed by atoms with Crippen LogP contribution in [0.1, 0.15) is 13.3 Å². The minimum atomic E-state index is -4.49. The van der Waals surface area contributed by atoms with E-state index in [1.807, 2.05) is 4.72 Å². The first-order valence-electron chi connectivity index (χ1n) is 5.15. The van der Waals surface area contributed by atoms with E-state index in [0.29, 0.717) is 0 Å². The average molecular weight is 300 g/mol. The number of rotatable bonds is 4. The molecule has 0 bridgehead atoms. The number of hydrogen-bond acceptors (Lipinski definition) is 3. The highest BCUT2D eigenvalue weighted by molar-refractivity contribution is 7.89. The standard InChI is InChI=1S/C10H12F4N2O2S/c1-6(5-10(12,13)14)16-19(17,18)9-3-2-7(11)4-8(9)15/h2-4,6,16H,5,15H2,1H3. The summed E-state index contributed by atoms with van der Waals surface area (Å²) in [6, 6.07) is 1.18. The second-order valence-electron chi connectivity index (χ2n) is 4.02. The molecule has 0 saturated carbocycles. The highest BCUT2D eigenvalue weighted by atomic mass is 32.2. The third kappa shape index (κ3) is 4.67. The Hall–Kier alpha value is -1.35. The first-order chi connectivity index (χ1) is 8.51. The van der Waals surface area contributed by atoms with Crippen molar-refractivity contribution >= 4 is 15.7 Å². The fourth-order valence-electron chi connectivity index (χ4n) is 1.48. The molecular weight excluding hydrogens is 288 g/mol. The van der Waals surface area contributed by atoms with Crippen molar-refractivity contribution in [2.75, 3.05) is 5.73 Å². The third-order valence-corrected chi connectivity index (χ3v) is 3.82. The van der Waals surface area contributed by atoms with E-state index in [1.54, 1.807) is 0 Å². The molecule has 1 aromatic rings. The van der Waals surface area contributed by atoms with Gasteiger partial charge in [0.25, 0.3) is 0 Å². The van der Waals surface area contributed by atoms with Gasteiger partial charge < -0.3 is 5.73 Å². The zero-order valence-corrected chi connectivity index (χ0v) is 10.6. The van der Waals surface area contributed by atoms with Crippen LogP contribution in [-0.2, 0) is 10.0 Å². The minimum absolute atomic E-state index is 0.369. The molecule has 1 unspecified atom stereocenters. The van der Waals surface area contributed by atoms with E-state index in [4.69, 9.17) is 5.73 Å². The molecule has 9 heteroatoms. The average Bonchev–Trinajstić information content (AvgIpc) is 2.11. The molecular formula is C10H12F4N2O2S. The van der Waals surface area contributed by atoms with Gasteiger partial charge in [0, 0.05) is 6.04 Å². The summed E-state index contributed by atoms with van der Waals surface area (Å²) in [4.78, 5) is -0.456. The monoisotopic (exact) mass is 300 g/mol. The summed E-state index contributed by atoms with van der Waals surface area (Å²) in [5.74, 6) is -0.736. The zero-order chi connectivity index (χ0) is 14.8. The number of sulfonamides is 1. The van der Waals surface area contributed by atoms with Crippen LogP contribution in [0.2, 0.25) is 0 Å². The van der Waals surface area contributed by atoms with E-state index in [0.717, 1.165) is 25.1 Å². The quantitative estimate of drug-likeness (QED) is 0.660. The lowest BCUT2D eigenvalue weighted by Crippen LogP contribution is -2.36. The maximum Gasteiger partial charge on any atom is 0.390 e. The summed E-state index contributed by atoms with van der Waals surface area (Å²) < 4.78 is 74.5. The normalized spacial score (nSPS) is 14.4. The Labute approximate surface area is 107 Å². The van der Waals surface area contributed by atoms with Gasteiger partial charge in [-0.3, -0.25) is 0 Å². The lowest BCUT2D eigenvalue weighted by atomic mass is 10.2. The van der Waals surface area contributed by atoms with Crippen molar-refractivity contribution in [3.63, 3.8) is 0 Å². The largest absolute Gasteiger partial charge is 0.398 e. The summed E-state index contributed by atoms with van der Waals surface area (Å²) in [7, 11) is -4.22. The lowest BCUT2D eigenvalue weighted by molar-refractivity contribution is -0.137. The second kappa shape index (κ2) is 5.33. The second-order valence-corrected chi connectivity index (χ2v) is 5.71. The molecule has 3 N–H and O–H groups in total. The van der Waals surface area contributed by atoms with Crippen LogP contribution in [-0.4, -0.2) is 20.6 Å². The van der Waals surface area contributed by atoms with Gasteiger partial charge in [0.2, 0.25) is 10.0 Å². The molecule has 1 aromatic carbocycles. The number of nitrogens with one attached hydrogen (secondary N) is 1. The van der Waals surface area contributed by atoms with Crippen molar-refractivity contribution in [1.29, 1.82) is 0 Å². The van der Waals surface area contributed by atoms with Crippen LogP contribution in [0.4, 0.5) is 23.2 Å². The third-order valence-electron chi connectivity index (χ3n) is 2.16. The predicted molar refractivity (Wildman–Crippen MR) is 61.3 cm³/mol. The molecule has 0 amide bonds. The van der Waals surface area contributed by atoms with E-state index in [2.05, 4.69) is 0 Å². The molecule has 0 saturated heterocycles. The molecule has 0 aliphatic carbocycles. The van der Waals surface area contributed by atoms with E-state index >= 15 is 0 Å². The van der Waals surface area contributed by atoms with Gasteiger partial charge >= 0.3 is 6.18 Å². The van der Waals surface area contributed by atoms with Crippen molar-refractivity contribution in [3.8, 4) is 0 Å². The molecule has 1 rings (SSSR count). The van der Waals surface area contributed by atoms with Crippen LogP contribution in [0.15, 0.2) is 23.1 Å². The van der Waals surface area contributed by atoms with E-state index in [-0.39, 0.29) is 5.69 Å². The molecule has 0 aliphatic rings. The Bertz CT molecular complexity index is 557. The Morgan fingerprint density at radius 2 is 1.95 bits per heavy atom. The number of nitrogens with two attached hydrogens (primary N) is 1. The number of nitrogen functional groups attached to an aromatic ring is 1. The van der Waals surface area contributed by atoms with Gasteiger partial charge in [-0.2, -0.15) is 13.2 Å². The van der Waals surface area contributed by atoms with Gasteiger partial charge in [-0.05, 0) is 25.1 Å². The van der Waals surface area contributed by atoms with Gasteiger partial charge in [-0.15, -0.1) is 0 Å². The maximum absolute atomic E-state index is 12.8. The number of halogens is 4. The molecule has 0 spiro atoms. The first-order valence-corrected chi connectivity index (χ1v) is 6.64. The predicted octanol–water partition coefficient (Wildman–Crippen LogP) is 2.03. The van der Waals surface area contributed by atoms with Gasteiger partial charge in [0.1, 0.15) is 10.7 Å². The van der Waals surface area contributed by atoms with Crippen LogP contribution in [0.3, 0.4) is 0 Å². The molecule has 0 fully saturated rings. The van der Waals surface area contributed by atoms with Crippen molar-refractivity contribution < 1.29 is 26.0 Å². The van der Waals surface area contributed by atoms with Crippen LogP contribution in [0, 0.1) is 5.82 Å². The van der Waals surface area contributed by atoms with E-state index in [1.165, 1.54) is 0 Å². The Morgan fingerprint density at radius 3 is 2.42 bits per heavy atom. The summed E-state index contributed by atoms with van der Waals surface area (Å²) in [5.41, 5.74) is 4.96. The van der Waals surface area contributed by atoms with Crippen LogP contribution < -0.4 is 10.5 Å². The lowest BCUT2D eigenvalue weighted by Gasteiger charge is -2.16. The zero-order valence-electron chi connectivity index (χ0n) is 9.83. The highest BCUT2D eigenvalue weighted by Gasteiger charge is 2.32. The topological polar surface area (TPSA) is 72.2 Å². The molecule has 19 heavy (non-hydrogen) atoms. The van der Waals surface area contributed by atoms with Crippen LogP contribution >= 0.6 is 0 Å². The van der Waals surface area contributed by atoms with Gasteiger partial charge in [-0.1, -0.05) is 0 Å². The van der Waals surface area contributed by atoms with Gasteiger partial charge in [0.05, 0.1) is 12.1 Å². The molecule has 4 nitrogen and oxygen atoms in total. The van der Waals surface area contributed by atoms with Gasteiger partial charge in [-0.25, -0.2) is 17.5 Å². The van der Waals surface area contributed by atoms with Gasteiger partial charge in [0.15, 0.2) is 0 Å². The van der Waals surface area contributed by atoms with Crippen molar-refractivity contribution in [1.82, 2.24) is 4.72 Å². The van der Waals surface area contributed by atoms with Crippen molar-refractivity contribution in [3.05, 3.63) is 24.0 Å². The molecule has 0 aromatic heterocycles. The fraction of sp³-hybridized carbons (Fsp3) is 0.400. The Morgan fingerprint density at radius 1 is 1.37 bits per heavy atom. The summed E-state index contributed by atoms with van der Waals surface area (Å²) in [5, 5.41) is 0. The SMILES string of the molecule is CC(CC(F)(F)F)NS(=O)(=O)c1ccc(F)cc1N. The summed E-state index contributed by atoms with van der Waals surface area (Å²) in [6.07, 6.45) is -5.80. The van der Waals surface area contributed by atoms with Crippen molar-refractivity contribution in [2.45, 2.75) is 30.5 Å². The fourth-order valence-corrected chi connectivity index (χ4v) is 2.84. The van der Waals surface area contributed by atoms with E-state index in [9.17, 15) is 26.0 Å². The molecule has 108 valence electrons. The van der Waals surface area contributed by atoms with Crippen molar-refractivity contribution in [2.24, 2.45) is 0 Å². The molecule has 0 aliphatic heterocycles. The highest BCUT2D eigenvalue weighted by Crippen LogP contribution is 2.24. The van der Waals surface area contributed by atoms with E-state index < -0.39 is 39.4 Å². The maximum atomic E-state index is 12.8. The number of alkyl halides is 3. The van der Waals surface area contributed by atoms with Crippen LogP contribution in [0.5, 0.6) is 0 Å². The molecule has 0 heterocycles. The summed E-state index contributed by atoms with van der Waals surface area (Å²) >= 11 is 0. The minimum Gasteiger partial charge on any atom is -0.398 e. The number of benzene rings is 1. The number of anilines is 1.